The van der Waals surface area contributed by atoms with Crippen molar-refractivity contribution in [3.05, 3.63) is 34.7 Å². The van der Waals surface area contributed by atoms with Gasteiger partial charge < -0.3 is 14.7 Å². The van der Waals surface area contributed by atoms with Gasteiger partial charge in [0.2, 0.25) is 5.09 Å². The number of carboxylic acids is 1. The Bertz CT molecular complexity index is 596. The second kappa shape index (κ2) is 9.51. The van der Waals surface area contributed by atoms with Gasteiger partial charge in [-0.25, -0.2) is 4.39 Å². The highest BCUT2D eigenvalue weighted by Gasteiger charge is 2.21. The molecule has 1 saturated heterocycles. The summed E-state index contributed by atoms with van der Waals surface area (Å²) >= 11 is 1.08. The monoisotopic (exact) mass is 357 g/mol. The number of hydrogen-bond acceptors (Lipinski definition) is 6. The van der Waals surface area contributed by atoms with Crippen LogP contribution in [-0.4, -0.2) is 30.0 Å². The lowest BCUT2D eigenvalue weighted by molar-refractivity contribution is -0.259. The van der Waals surface area contributed by atoms with E-state index in [2.05, 4.69) is 0 Å². The molecule has 0 bridgehead atoms. The topological polar surface area (TPSA) is 68.2 Å². The van der Waals surface area contributed by atoms with Gasteiger partial charge in [-0.05, 0) is 30.2 Å². The summed E-state index contributed by atoms with van der Waals surface area (Å²) < 4.78 is 23.6. The molecular weight excluding hydrogens is 337 g/mol. The second-order valence-electron chi connectivity index (χ2n) is 5.21. The Labute approximate surface area is 144 Å². The molecule has 1 aromatic rings. The number of carboxylic acid groups (broad SMARTS) is 1. The molecule has 24 heavy (non-hydrogen) atoms. The van der Waals surface area contributed by atoms with Gasteiger partial charge in [0.15, 0.2) is 0 Å². The van der Waals surface area contributed by atoms with E-state index in [1.807, 2.05) is 0 Å². The van der Waals surface area contributed by atoms with E-state index in [1.165, 1.54) is 24.5 Å². The third kappa shape index (κ3) is 6.03. The molecular formula is C16H20FNO5S. The molecule has 2 rings (SSSR count). The molecule has 0 spiro atoms. The molecule has 1 aromatic carbocycles. The van der Waals surface area contributed by atoms with E-state index < -0.39 is 5.97 Å². The van der Waals surface area contributed by atoms with E-state index in [9.17, 15) is 9.18 Å². The number of benzene rings is 1. The van der Waals surface area contributed by atoms with Gasteiger partial charge in [0.1, 0.15) is 11.6 Å². The van der Waals surface area contributed by atoms with Crippen molar-refractivity contribution in [2.24, 2.45) is 0 Å². The summed E-state index contributed by atoms with van der Waals surface area (Å²) in [7, 11) is 1.48. The summed E-state index contributed by atoms with van der Waals surface area (Å²) in [5.41, 5.74) is 0.695. The average molecular weight is 357 g/mol. The molecule has 1 aliphatic rings. The van der Waals surface area contributed by atoms with Crippen molar-refractivity contribution in [3.63, 3.8) is 0 Å². The van der Waals surface area contributed by atoms with E-state index in [4.69, 9.17) is 19.0 Å². The van der Waals surface area contributed by atoms with Crippen molar-refractivity contribution in [2.45, 2.75) is 32.1 Å². The summed E-state index contributed by atoms with van der Waals surface area (Å²) in [5, 5.41) is 10.5. The fourth-order valence-electron chi connectivity index (χ4n) is 2.14. The zero-order valence-corrected chi connectivity index (χ0v) is 14.2. The molecule has 0 radical (unpaired) electrons. The lowest BCUT2D eigenvalue weighted by Crippen LogP contribution is -2.16. The number of carbonyl (C=O) groups is 1. The van der Waals surface area contributed by atoms with Gasteiger partial charge in [-0.1, -0.05) is 12.8 Å². The molecule has 1 heterocycles. The number of aliphatic carboxylic acids is 1. The number of methoxy groups -OCH3 is 1. The van der Waals surface area contributed by atoms with Crippen LogP contribution in [0.25, 0.3) is 6.08 Å². The van der Waals surface area contributed by atoms with Gasteiger partial charge in [-0.15, -0.1) is 0 Å². The number of hydroxylamine groups is 2. The fourth-order valence-corrected chi connectivity index (χ4v) is 2.69. The maximum atomic E-state index is 13.2. The largest absolute Gasteiger partial charge is 0.496 e. The molecule has 6 nitrogen and oxygen atoms in total. The summed E-state index contributed by atoms with van der Waals surface area (Å²) in [5.74, 6) is -0.707. The van der Waals surface area contributed by atoms with Gasteiger partial charge in [-0.2, -0.15) is 4.28 Å². The lowest BCUT2D eigenvalue weighted by Gasteiger charge is -2.10. The third-order valence-corrected chi connectivity index (χ3v) is 3.94. The van der Waals surface area contributed by atoms with Crippen LogP contribution < -0.4 is 4.74 Å². The summed E-state index contributed by atoms with van der Waals surface area (Å²) in [6.07, 6.45) is 5.22. The first kappa shape index (κ1) is 18.6. The van der Waals surface area contributed by atoms with Gasteiger partial charge in [0, 0.05) is 24.1 Å². The maximum Gasteiger partial charge on any atom is 0.303 e. The Balaban J connectivity index is 1.75. The normalized spacial score (nSPS) is 16.3. The van der Waals surface area contributed by atoms with Crippen molar-refractivity contribution in [1.82, 2.24) is 5.23 Å². The van der Waals surface area contributed by atoms with Crippen LogP contribution in [0.5, 0.6) is 5.75 Å². The number of hydrogen-bond donors (Lipinski definition) is 1. The SMILES string of the molecule is COc1cc(F)ccc1C=C1ON(CCCCCCC(=O)O)OS1. The number of rotatable bonds is 9. The molecule has 1 aliphatic heterocycles. The van der Waals surface area contributed by atoms with Gasteiger partial charge in [0.25, 0.3) is 0 Å². The minimum absolute atomic E-state index is 0.207. The smallest absolute Gasteiger partial charge is 0.303 e. The molecule has 0 saturated carbocycles. The average Bonchev–Trinajstić information content (AvgIpc) is 2.99. The van der Waals surface area contributed by atoms with Crippen molar-refractivity contribution in [3.8, 4) is 5.75 Å². The minimum atomic E-state index is -0.761. The van der Waals surface area contributed by atoms with E-state index >= 15 is 0 Å². The summed E-state index contributed by atoms with van der Waals surface area (Å²) in [6.45, 7) is 0.581. The minimum Gasteiger partial charge on any atom is -0.496 e. The van der Waals surface area contributed by atoms with Crippen LogP contribution >= 0.6 is 12.0 Å². The summed E-state index contributed by atoms with van der Waals surface area (Å²) in [6, 6.07) is 4.27. The van der Waals surface area contributed by atoms with E-state index in [0.717, 1.165) is 31.3 Å². The zero-order valence-electron chi connectivity index (χ0n) is 13.4. The standard InChI is InChI=1S/C16H20FNO5S/c1-21-14-11-13(17)8-7-12(14)10-16-22-18(23-24-16)9-5-3-2-4-6-15(19)20/h7-8,10-11H,2-6,9H2,1H3,(H,19,20). The summed E-state index contributed by atoms with van der Waals surface area (Å²) in [4.78, 5) is 15.9. The van der Waals surface area contributed by atoms with Crippen LogP contribution in [0.3, 0.4) is 0 Å². The number of unbranched alkanes of at least 4 members (excludes halogenated alkanes) is 3. The van der Waals surface area contributed by atoms with Crippen LogP contribution in [0.1, 0.15) is 37.7 Å². The second-order valence-corrected chi connectivity index (χ2v) is 5.93. The first-order valence-electron chi connectivity index (χ1n) is 7.65. The van der Waals surface area contributed by atoms with E-state index in [-0.39, 0.29) is 12.2 Å². The van der Waals surface area contributed by atoms with E-state index in [0.29, 0.717) is 29.4 Å². The highest BCUT2D eigenvalue weighted by Crippen LogP contribution is 2.33. The predicted octanol–water partition coefficient (Wildman–Crippen LogP) is 3.99. The quantitative estimate of drug-likeness (QED) is 0.529. The Morgan fingerprint density at radius 2 is 2.17 bits per heavy atom. The van der Waals surface area contributed by atoms with Crippen molar-refractivity contribution in [1.29, 1.82) is 0 Å². The first-order valence-corrected chi connectivity index (χ1v) is 8.40. The molecule has 1 N–H and O–H groups in total. The Morgan fingerprint density at radius 3 is 2.92 bits per heavy atom. The third-order valence-electron chi connectivity index (χ3n) is 3.34. The van der Waals surface area contributed by atoms with Crippen molar-refractivity contribution >= 4 is 24.1 Å². The Hall–Kier alpha value is -1.77. The predicted molar refractivity (Wildman–Crippen MR) is 88.1 cm³/mol. The molecule has 0 unspecified atom stereocenters. The fraction of sp³-hybridized carbons (Fsp3) is 0.438. The van der Waals surface area contributed by atoms with Gasteiger partial charge in [-0.3, -0.25) is 4.79 Å². The van der Waals surface area contributed by atoms with Crippen LogP contribution in [0.4, 0.5) is 4.39 Å². The highest BCUT2D eigenvalue weighted by molar-refractivity contribution is 7.98. The van der Waals surface area contributed by atoms with Crippen molar-refractivity contribution in [2.75, 3.05) is 13.7 Å². The molecule has 0 atom stereocenters. The van der Waals surface area contributed by atoms with Crippen molar-refractivity contribution < 1.29 is 28.1 Å². The molecule has 0 aromatic heterocycles. The van der Waals surface area contributed by atoms with Crippen LogP contribution in [0.2, 0.25) is 0 Å². The first-order chi connectivity index (χ1) is 11.6. The molecule has 0 aliphatic carbocycles. The van der Waals surface area contributed by atoms with Crippen LogP contribution in [0, 0.1) is 5.82 Å². The number of nitrogens with zero attached hydrogens (tertiary/aromatic N) is 1. The van der Waals surface area contributed by atoms with Crippen LogP contribution in [-0.2, 0) is 13.9 Å². The number of halogens is 1. The maximum absolute atomic E-state index is 13.2. The lowest BCUT2D eigenvalue weighted by atomic mass is 10.1. The van der Waals surface area contributed by atoms with Gasteiger partial charge in [0.05, 0.1) is 25.7 Å². The molecule has 1 fully saturated rings. The van der Waals surface area contributed by atoms with Crippen LogP contribution in [0.15, 0.2) is 23.3 Å². The molecule has 8 heteroatoms. The van der Waals surface area contributed by atoms with Gasteiger partial charge >= 0.3 is 5.97 Å². The molecule has 132 valence electrons. The van der Waals surface area contributed by atoms with E-state index in [1.54, 1.807) is 12.1 Å². The number of ether oxygens (including phenoxy) is 1. The Morgan fingerprint density at radius 1 is 1.38 bits per heavy atom. The highest BCUT2D eigenvalue weighted by atomic mass is 32.2. The Kier molecular flexibility index (Phi) is 7.36. The molecule has 0 amide bonds. The zero-order chi connectivity index (χ0) is 17.4.